The van der Waals surface area contributed by atoms with Gasteiger partial charge < -0.3 is 15.3 Å². The molecular formula is C19H29FN4O3. The molecule has 2 N–H and O–H groups in total. The summed E-state index contributed by atoms with van der Waals surface area (Å²) in [6, 6.07) is 1.56. The summed E-state index contributed by atoms with van der Waals surface area (Å²) in [6.07, 6.45) is 3.45. The number of halogens is 1. The normalized spacial score (nSPS) is 26.8. The lowest BCUT2D eigenvalue weighted by molar-refractivity contribution is -0.140. The fraction of sp³-hybridized carbons (Fsp3) is 0.737. The Morgan fingerprint density at radius 1 is 1.30 bits per heavy atom. The molecule has 0 spiro atoms. The molecule has 2 amide bonds. The predicted molar refractivity (Wildman–Crippen MR) is 97.5 cm³/mol. The van der Waals surface area contributed by atoms with Gasteiger partial charge in [-0.25, -0.2) is 4.39 Å². The molecule has 27 heavy (non-hydrogen) atoms. The van der Waals surface area contributed by atoms with Gasteiger partial charge in [0.25, 0.3) is 0 Å². The molecule has 1 saturated carbocycles. The quantitative estimate of drug-likeness (QED) is 0.797. The third kappa shape index (κ3) is 5.06. The fourth-order valence-corrected chi connectivity index (χ4v) is 4.03. The zero-order valence-electron chi connectivity index (χ0n) is 15.8. The molecule has 0 aromatic carbocycles. The zero-order chi connectivity index (χ0) is 19.4. The van der Waals surface area contributed by atoms with Crippen LogP contribution in [0.3, 0.4) is 0 Å². The van der Waals surface area contributed by atoms with Gasteiger partial charge >= 0.3 is 0 Å². The molecule has 7 nitrogen and oxygen atoms in total. The van der Waals surface area contributed by atoms with Crippen LogP contribution in [0.4, 0.5) is 4.39 Å². The number of carbonyl (C=O) groups is 2. The molecule has 1 aliphatic carbocycles. The highest BCUT2D eigenvalue weighted by Gasteiger charge is 2.36. The highest BCUT2D eigenvalue weighted by atomic mass is 19.1. The van der Waals surface area contributed by atoms with Crippen LogP contribution in [0.25, 0.3) is 0 Å². The van der Waals surface area contributed by atoms with Gasteiger partial charge in [0.05, 0.1) is 12.1 Å². The summed E-state index contributed by atoms with van der Waals surface area (Å²) < 4.78 is 15.0. The summed E-state index contributed by atoms with van der Waals surface area (Å²) in [5.74, 6) is -0.323. The summed E-state index contributed by atoms with van der Waals surface area (Å²) >= 11 is 0. The van der Waals surface area contributed by atoms with E-state index in [9.17, 15) is 19.1 Å². The Morgan fingerprint density at radius 2 is 2.04 bits per heavy atom. The first-order valence-corrected chi connectivity index (χ1v) is 9.81. The number of aromatic nitrogens is 2. The number of piperidine rings is 1. The van der Waals surface area contributed by atoms with Crippen LogP contribution in [0.1, 0.15) is 44.2 Å². The number of nitrogens with one attached hydrogen (secondary N) is 1. The minimum absolute atomic E-state index is 0.0157. The molecule has 0 radical (unpaired) electrons. The lowest BCUT2D eigenvalue weighted by atomic mass is 9.82. The first kappa shape index (κ1) is 19.8. The summed E-state index contributed by atoms with van der Waals surface area (Å²) in [5, 5.41) is 17.4. The third-order valence-corrected chi connectivity index (χ3v) is 5.78. The molecule has 3 atom stereocenters. The van der Waals surface area contributed by atoms with Gasteiger partial charge in [-0.15, -0.1) is 0 Å². The van der Waals surface area contributed by atoms with Gasteiger partial charge in [0.1, 0.15) is 6.17 Å². The number of aliphatic hydroxyl groups excluding tert-OH is 1. The molecule has 2 heterocycles. The van der Waals surface area contributed by atoms with Crippen molar-refractivity contribution in [3.63, 3.8) is 0 Å². The van der Waals surface area contributed by atoms with E-state index in [-0.39, 0.29) is 23.8 Å². The SMILES string of the molecule is Cn1nccc1CCC(=O)N[C@H]1CC[C@H](C(=O)N2CCC(F)CC2)C[C@@H]1O. The molecular weight excluding hydrogens is 351 g/mol. The second-order valence-corrected chi connectivity index (χ2v) is 7.70. The number of amides is 2. The van der Waals surface area contributed by atoms with Crippen molar-refractivity contribution >= 4 is 11.8 Å². The molecule has 2 aliphatic rings. The smallest absolute Gasteiger partial charge is 0.225 e. The zero-order valence-corrected chi connectivity index (χ0v) is 15.8. The van der Waals surface area contributed by atoms with Crippen molar-refractivity contribution in [1.82, 2.24) is 20.0 Å². The molecule has 0 bridgehead atoms. The Hall–Kier alpha value is -1.96. The van der Waals surface area contributed by atoms with Crippen molar-refractivity contribution in [2.75, 3.05) is 13.1 Å². The van der Waals surface area contributed by atoms with E-state index in [0.717, 1.165) is 5.69 Å². The molecule has 0 unspecified atom stereocenters. The highest BCUT2D eigenvalue weighted by molar-refractivity contribution is 5.79. The monoisotopic (exact) mass is 380 g/mol. The van der Waals surface area contributed by atoms with E-state index in [2.05, 4.69) is 10.4 Å². The summed E-state index contributed by atoms with van der Waals surface area (Å²) in [7, 11) is 1.84. The molecule has 1 saturated heterocycles. The average molecular weight is 380 g/mol. The Balaban J connectivity index is 1.43. The molecule has 3 rings (SSSR count). The van der Waals surface area contributed by atoms with Gasteiger partial charge in [-0.05, 0) is 44.6 Å². The second kappa shape index (κ2) is 8.82. The van der Waals surface area contributed by atoms with Crippen LogP contribution in [0, 0.1) is 5.92 Å². The largest absolute Gasteiger partial charge is 0.391 e. The second-order valence-electron chi connectivity index (χ2n) is 7.70. The van der Waals surface area contributed by atoms with Gasteiger partial charge in [-0.2, -0.15) is 5.10 Å². The highest BCUT2D eigenvalue weighted by Crippen LogP contribution is 2.28. The number of hydrogen-bond donors (Lipinski definition) is 2. The van der Waals surface area contributed by atoms with E-state index in [4.69, 9.17) is 0 Å². The van der Waals surface area contributed by atoms with E-state index in [1.165, 1.54) is 0 Å². The Morgan fingerprint density at radius 3 is 2.67 bits per heavy atom. The van der Waals surface area contributed by atoms with Gasteiger partial charge in [0.2, 0.25) is 11.8 Å². The molecule has 2 fully saturated rings. The summed E-state index contributed by atoms with van der Waals surface area (Å²) in [6.45, 7) is 0.918. The number of rotatable bonds is 5. The number of carbonyl (C=O) groups excluding carboxylic acids is 2. The number of likely N-dealkylation sites (tertiary alicyclic amines) is 1. The first-order chi connectivity index (χ1) is 12.9. The maximum absolute atomic E-state index is 13.2. The molecule has 1 aliphatic heterocycles. The van der Waals surface area contributed by atoms with Crippen molar-refractivity contribution in [1.29, 1.82) is 0 Å². The van der Waals surface area contributed by atoms with Crippen molar-refractivity contribution in [3.8, 4) is 0 Å². The van der Waals surface area contributed by atoms with Crippen LogP contribution in [-0.2, 0) is 23.1 Å². The minimum Gasteiger partial charge on any atom is -0.391 e. The van der Waals surface area contributed by atoms with Crippen LogP contribution in [0.5, 0.6) is 0 Å². The standard InChI is InChI=1S/C19H29FN4O3/c1-23-15(6-9-21-23)3-5-18(26)22-16-4-2-13(12-17(16)25)19(27)24-10-7-14(20)8-11-24/h6,9,13-14,16-17,25H,2-5,7-8,10-12H2,1H3,(H,22,26)/t13-,16-,17-/m0/s1. The van der Waals surface area contributed by atoms with Crippen LogP contribution < -0.4 is 5.32 Å². The van der Waals surface area contributed by atoms with Crippen LogP contribution >= 0.6 is 0 Å². The first-order valence-electron chi connectivity index (χ1n) is 9.81. The van der Waals surface area contributed by atoms with Crippen molar-refractivity contribution in [2.45, 2.75) is 63.3 Å². The Labute approximate surface area is 158 Å². The lowest BCUT2D eigenvalue weighted by Crippen LogP contribution is -2.50. The van der Waals surface area contributed by atoms with Crippen molar-refractivity contribution < 1.29 is 19.1 Å². The summed E-state index contributed by atoms with van der Waals surface area (Å²) in [5.41, 5.74) is 0.983. The van der Waals surface area contributed by atoms with Crippen molar-refractivity contribution in [3.05, 3.63) is 18.0 Å². The van der Waals surface area contributed by atoms with Gasteiger partial charge in [0, 0.05) is 44.4 Å². The van der Waals surface area contributed by atoms with Gasteiger partial charge in [-0.1, -0.05) is 0 Å². The van der Waals surface area contributed by atoms with E-state index < -0.39 is 12.3 Å². The predicted octanol–water partition coefficient (Wildman–Crippen LogP) is 0.959. The number of aryl methyl sites for hydroxylation is 2. The lowest BCUT2D eigenvalue weighted by Gasteiger charge is -2.37. The molecule has 1 aromatic heterocycles. The van der Waals surface area contributed by atoms with Gasteiger partial charge in [0.15, 0.2) is 0 Å². The maximum Gasteiger partial charge on any atom is 0.225 e. The van der Waals surface area contributed by atoms with E-state index in [1.54, 1.807) is 15.8 Å². The number of alkyl halides is 1. The number of nitrogens with zero attached hydrogens (tertiary/aromatic N) is 3. The Bertz CT molecular complexity index is 657. The van der Waals surface area contributed by atoms with Crippen LogP contribution in [-0.4, -0.2) is 63.0 Å². The maximum atomic E-state index is 13.2. The Kier molecular flexibility index (Phi) is 6.46. The van der Waals surface area contributed by atoms with Gasteiger partial charge in [-0.3, -0.25) is 14.3 Å². The van der Waals surface area contributed by atoms with E-state index >= 15 is 0 Å². The summed E-state index contributed by atoms with van der Waals surface area (Å²) in [4.78, 5) is 26.5. The van der Waals surface area contributed by atoms with Crippen LogP contribution in [0.15, 0.2) is 12.3 Å². The number of hydrogen-bond acceptors (Lipinski definition) is 4. The van der Waals surface area contributed by atoms with E-state index in [0.29, 0.717) is 58.0 Å². The average Bonchev–Trinajstić information content (AvgIpc) is 3.06. The minimum atomic E-state index is -0.808. The molecule has 150 valence electrons. The topological polar surface area (TPSA) is 87.5 Å². The third-order valence-electron chi connectivity index (χ3n) is 5.78. The van der Waals surface area contributed by atoms with Crippen LogP contribution in [0.2, 0.25) is 0 Å². The van der Waals surface area contributed by atoms with E-state index in [1.807, 2.05) is 13.1 Å². The van der Waals surface area contributed by atoms with Crippen molar-refractivity contribution in [2.24, 2.45) is 13.0 Å². The number of aliphatic hydroxyl groups is 1. The molecule has 1 aromatic rings. The molecule has 8 heteroatoms. The fourth-order valence-electron chi connectivity index (χ4n) is 4.03.